The van der Waals surface area contributed by atoms with E-state index < -0.39 is 11.9 Å². The van der Waals surface area contributed by atoms with E-state index in [0.717, 1.165) is 12.3 Å². The van der Waals surface area contributed by atoms with Crippen molar-refractivity contribution in [2.24, 2.45) is 0 Å². The second-order valence-corrected chi connectivity index (χ2v) is 2.02. The van der Waals surface area contributed by atoms with Crippen LogP contribution < -0.4 is 11.1 Å². The summed E-state index contributed by atoms with van der Waals surface area (Å²) in [4.78, 5) is 13.5. The molecule has 7 heteroatoms. The summed E-state index contributed by atoms with van der Waals surface area (Å²) in [5, 5.41) is 10.2. The highest BCUT2D eigenvalue weighted by Gasteiger charge is 2.02. The van der Waals surface area contributed by atoms with Gasteiger partial charge in [-0.25, -0.2) is 14.2 Å². The molecule has 0 aromatic carbocycles. The Hall–Kier alpha value is -1.56. The average Bonchev–Trinajstić information content (AvgIpc) is 1.96. The van der Waals surface area contributed by atoms with Crippen molar-refractivity contribution in [1.29, 1.82) is 0 Å². The molecule has 1 aromatic rings. The van der Waals surface area contributed by atoms with E-state index in [-0.39, 0.29) is 23.9 Å². The van der Waals surface area contributed by atoms with Crippen LogP contribution in [0.25, 0.3) is 0 Å². The summed E-state index contributed by atoms with van der Waals surface area (Å²) in [7, 11) is 0. The molecule has 0 bridgehead atoms. The first-order chi connectivity index (χ1) is 5.59. The Labute approximate surface area is 79.2 Å². The summed E-state index contributed by atoms with van der Waals surface area (Å²) < 4.78 is 12.5. The van der Waals surface area contributed by atoms with Crippen molar-refractivity contribution in [3.05, 3.63) is 18.1 Å². The van der Waals surface area contributed by atoms with E-state index in [2.05, 4.69) is 4.98 Å². The molecular weight excluding hydrogens is 201 g/mol. The van der Waals surface area contributed by atoms with E-state index in [4.69, 9.17) is 10.8 Å². The zero-order valence-corrected chi connectivity index (χ0v) is 7.14. The van der Waals surface area contributed by atoms with Crippen molar-refractivity contribution < 1.29 is 14.3 Å². The van der Waals surface area contributed by atoms with Gasteiger partial charge in [-0.2, -0.15) is 0 Å². The Morgan fingerprint density at radius 3 is 2.77 bits per heavy atom. The largest absolute Gasteiger partial charge is 0.465 e. The molecule has 0 atom stereocenters. The predicted octanol–water partition coefficient (Wildman–Crippen LogP) is 1.31. The number of pyridine rings is 1. The second-order valence-electron chi connectivity index (χ2n) is 2.02. The van der Waals surface area contributed by atoms with Crippen LogP contribution >= 0.6 is 12.4 Å². The number of anilines is 2. The topological polar surface area (TPSA) is 88.2 Å². The van der Waals surface area contributed by atoms with E-state index in [1.54, 1.807) is 0 Å². The molecule has 72 valence electrons. The van der Waals surface area contributed by atoms with Crippen molar-refractivity contribution in [1.82, 2.24) is 4.98 Å². The molecule has 0 saturated heterocycles. The van der Waals surface area contributed by atoms with Gasteiger partial charge in [-0.3, -0.25) is 5.32 Å². The number of nitrogens with one attached hydrogen (secondary N) is 1. The molecule has 13 heavy (non-hydrogen) atoms. The first-order valence-electron chi connectivity index (χ1n) is 3.00. The van der Waals surface area contributed by atoms with Crippen molar-refractivity contribution in [2.75, 3.05) is 11.1 Å². The molecular formula is C6H7ClFN3O2. The summed E-state index contributed by atoms with van der Waals surface area (Å²) >= 11 is 0. The van der Waals surface area contributed by atoms with Crippen LogP contribution in [-0.2, 0) is 0 Å². The highest BCUT2D eigenvalue weighted by Crippen LogP contribution is 2.12. The Balaban J connectivity index is 0.00000144. The number of rotatable bonds is 1. The normalized spacial score (nSPS) is 8.69. The Kier molecular flexibility index (Phi) is 3.93. The van der Waals surface area contributed by atoms with Gasteiger partial charge in [0.15, 0.2) is 5.82 Å². The lowest BCUT2D eigenvalue weighted by Gasteiger charge is -2.00. The Morgan fingerprint density at radius 2 is 2.31 bits per heavy atom. The summed E-state index contributed by atoms with van der Waals surface area (Å²) in [6, 6.07) is 1.10. The van der Waals surface area contributed by atoms with Crippen LogP contribution in [0.3, 0.4) is 0 Å². The molecule has 0 fully saturated rings. The van der Waals surface area contributed by atoms with Crippen LogP contribution in [0.15, 0.2) is 12.3 Å². The third-order valence-corrected chi connectivity index (χ3v) is 1.12. The minimum atomic E-state index is -1.27. The lowest BCUT2D eigenvalue weighted by molar-refractivity contribution is 0.209. The lowest BCUT2D eigenvalue weighted by Crippen LogP contribution is -2.09. The van der Waals surface area contributed by atoms with Gasteiger partial charge in [-0.15, -0.1) is 12.4 Å². The number of nitrogens with two attached hydrogens (primary N) is 1. The van der Waals surface area contributed by atoms with Crippen LogP contribution in [-0.4, -0.2) is 16.2 Å². The van der Waals surface area contributed by atoms with Crippen molar-refractivity contribution in [3.8, 4) is 0 Å². The number of hydrogen-bond acceptors (Lipinski definition) is 3. The summed E-state index contributed by atoms with van der Waals surface area (Å²) in [5.41, 5.74) is 5.00. The van der Waals surface area contributed by atoms with Gasteiger partial charge < -0.3 is 10.8 Å². The highest BCUT2D eigenvalue weighted by atomic mass is 35.5. The maximum Gasteiger partial charge on any atom is 0.410 e. The third-order valence-electron chi connectivity index (χ3n) is 1.12. The quantitative estimate of drug-likeness (QED) is 0.648. The van der Waals surface area contributed by atoms with Crippen molar-refractivity contribution in [2.45, 2.75) is 0 Å². The fourth-order valence-electron chi connectivity index (χ4n) is 0.632. The smallest absolute Gasteiger partial charge is 0.410 e. The van der Waals surface area contributed by atoms with E-state index in [0.29, 0.717) is 0 Å². The van der Waals surface area contributed by atoms with E-state index >= 15 is 0 Å². The van der Waals surface area contributed by atoms with Crippen LogP contribution in [0, 0.1) is 5.82 Å². The van der Waals surface area contributed by atoms with Crippen molar-refractivity contribution >= 4 is 30.0 Å². The minimum absolute atomic E-state index is 0. The zero-order chi connectivity index (χ0) is 9.14. The number of carboxylic acid groups (broad SMARTS) is 1. The van der Waals surface area contributed by atoms with E-state index in [1.807, 2.05) is 5.32 Å². The number of amides is 1. The molecule has 0 radical (unpaired) electrons. The molecule has 0 unspecified atom stereocenters. The molecule has 0 spiro atoms. The van der Waals surface area contributed by atoms with Crippen LogP contribution in [0.1, 0.15) is 0 Å². The van der Waals surface area contributed by atoms with Gasteiger partial charge in [-0.05, 0) is 0 Å². The second kappa shape index (κ2) is 4.46. The molecule has 5 nitrogen and oxygen atoms in total. The van der Waals surface area contributed by atoms with Gasteiger partial charge in [0.1, 0.15) is 5.82 Å². The number of nitrogen functional groups attached to an aromatic ring is 1. The third kappa shape index (κ3) is 3.12. The fourth-order valence-corrected chi connectivity index (χ4v) is 0.632. The number of carbonyl (C=O) groups is 1. The molecule has 1 aromatic heterocycles. The first-order valence-corrected chi connectivity index (χ1v) is 3.00. The van der Waals surface area contributed by atoms with Gasteiger partial charge in [0.05, 0.1) is 11.9 Å². The van der Waals surface area contributed by atoms with Gasteiger partial charge in [-0.1, -0.05) is 0 Å². The number of nitrogens with zero attached hydrogens (tertiary/aromatic N) is 1. The van der Waals surface area contributed by atoms with E-state index in [1.165, 1.54) is 0 Å². The maximum absolute atomic E-state index is 12.5. The molecule has 1 amide bonds. The molecule has 0 saturated carbocycles. The standard InChI is InChI=1S/C6H6FN3O2.ClH/c7-3-2-9-5(1-4(3)8)10-6(11)12;/h1-2H,(H,11,12)(H3,8,9,10);1H. The van der Waals surface area contributed by atoms with Gasteiger partial charge >= 0.3 is 6.09 Å². The maximum atomic E-state index is 12.5. The molecule has 0 aliphatic rings. The molecule has 0 aliphatic carbocycles. The number of hydrogen-bond donors (Lipinski definition) is 3. The number of aromatic nitrogens is 1. The Morgan fingerprint density at radius 1 is 1.69 bits per heavy atom. The van der Waals surface area contributed by atoms with Crippen molar-refractivity contribution in [3.63, 3.8) is 0 Å². The fraction of sp³-hybridized carbons (Fsp3) is 0. The van der Waals surface area contributed by atoms with Gasteiger partial charge in [0.2, 0.25) is 0 Å². The van der Waals surface area contributed by atoms with Crippen LogP contribution in [0.2, 0.25) is 0 Å². The first kappa shape index (κ1) is 11.4. The zero-order valence-electron chi connectivity index (χ0n) is 6.32. The average molecular weight is 208 g/mol. The Bertz CT molecular complexity index is 321. The SMILES string of the molecule is Cl.Nc1cc(NC(=O)O)ncc1F. The highest BCUT2D eigenvalue weighted by molar-refractivity contribution is 5.85. The summed E-state index contributed by atoms with van der Waals surface area (Å²) in [6.07, 6.45) is -0.422. The minimum Gasteiger partial charge on any atom is -0.465 e. The molecule has 1 heterocycles. The summed E-state index contributed by atoms with van der Waals surface area (Å²) in [6.45, 7) is 0. The monoisotopic (exact) mass is 207 g/mol. The number of halogens is 2. The molecule has 4 N–H and O–H groups in total. The van der Waals surface area contributed by atoms with Crippen LogP contribution in [0.5, 0.6) is 0 Å². The predicted molar refractivity (Wildman–Crippen MR) is 47.5 cm³/mol. The molecule has 0 aliphatic heterocycles. The van der Waals surface area contributed by atoms with Crippen LogP contribution in [0.4, 0.5) is 20.7 Å². The molecule has 1 rings (SSSR count). The van der Waals surface area contributed by atoms with E-state index in [9.17, 15) is 9.18 Å². The summed E-state index contributed by atoms with van der Waals surface area (Å²) in [5.74, 6) is -0.674. The van der Waals surface area contributed by atoms with Gasteiger partial charge in [0, 0.05) is 6.07 Å². The van der Waals surface area contributed by atoms with Gasteiger partial charge in [0.25, 0.3) is 0 Å². The lowest BCUT2D eigenvalue weighted by atomic mass is 10.4.